The highest BCUT2D eigenvalue weighted by Gasteiger charge is 2.36. The number of nitrogens with zero attached hydrogens (tertiary/aromatic N) is 1. The van der Waals surface area contributed by atoms with Gasteiger partial charge in [0.05, 0.1) is 5.54 Å². The standard InChI is InChI=1S/C13H25N3O/c1-13(2,16-9-7-14-8-10-16)12(17)15-11-5-3-4-6-11/h11,14H,3-10H2,1-2H3,(H,15,17). The van der Waals surface area contributed by atoms with Gasteiger partial charge < -0.3 is 10.6 Å². The molecule has 1 aliphatic heterocycles. The molecule has 4 nitrogen and oxygen atoms in total. The van der Waals surface area contributed by atoms with Gasteiger partial charge in [-0.3, -0.25) is 9.69 Å². The highest BCUT2D eigenvalue weighted by molar-refractivity contribution is 5.85. The molecular weight excluding hydrogens is 214 g/mol. The predicted molar refractivity (Wildman–Crippen MR) is 68.9 cm³/mol. The summed E-state index contributed by atoms with van der Waals surface area (Å²) in [5.74, 6) is 0.200. The lowest BCUT2D eigenvalue weighted by Crippen LogP contribution is -2.60. The second kappa shape index (κ2) is 5.36. The molecule has 0 radical (unpaired) electrons. The lowest BCUT2D eigenvalue weighted by Gasteiger charge is -2.40. The molecule has 1 heterocycles. The highest BCUT2D eigenvalue weighted by Crippen LogP contribution is 2.20. The molecule has 0 bridgehead atoms. The SMILES string of the molecule is CC(C)(C(=O)NC1CCCC1)N1CCNCC1. The summed E-state index contributed by atoms with van der Waals surface area (Å²) in [4.78, 5) is 14.6. The lowest BCUT2D eigenvalue weighted by atomic mass is 9.99. The van der Waals surface area contributed by atoms with Crippen molar-refractivity contribution < 1.29 is 4.79 Å². The average Bonchev–Trinajstić information content (AvgIpc) is 2.83. The third-order valence-electron chi connectivity index (χ3n) is 4.15. The normalized spacial score (nSPS) is 23.9. The third-order valence-corrected chi connectivity index (χ3v) is 4.15. The Morgan fingerprint density at radius 2 is 1.82 bits per heavy atom. The maximum atomic E-state index is 12.3. The lowest BCUT2D eigenvalue weighted by molar-refractivity contribution is -0.132. The summed E-state index contributed by atoms with van der Waals surface area (Å²) in [6, 6.07) is 0.421. The van der Waals surface area contributed by atoms with E-state index in [0.717, 1.165) is 39.0 Å². The van der Waals surface area contributed by atoms with Gasteiger partial charge in [0.2, 0.25) is 5.91 Å². The molecule has 2 rings (SSSR count). The molecule has 2 aliphatic rings. The van der Waals surface area contributed by atoms with Crippen molar-refractivity contribution in [2.24, 2.45) is 0 Å². The minimum absolute atomic E-state index is 0.200. The van der Waals surface area contributed by atoms with Crippen LogP contribution in [0.4, 0.5) is 0 Å². The number of hydrogen-bond acceptors (Lipinski definition) is 3. The van der Waals surface area contributed by atoms with Crippen LogP contribution in [0.15, 0.2) is 0 Å². The summed E-state index contributed by atoms with van der Waals surface area (Å²) in [7, 11) is 0. The average molecular weight is 239 g/mol. The Kier molecular flexibility index (Phi) is 4.05. The first-order chi connectivity index (χ1) is 8.10. The van der Waals surface area contributed by atoms with Gasteiger partial charge in [0.1, 0.15) is 0 Å². The maximum absolute atomic E-state index is 12.3. The smallest absolute Gasteiger partial charge is 0.240 e. The Morgan fingerprint density at radius 3 is 2.41 bits per heavy atom. The molecule has 0 unspecified atom stereocenters. The van der Waals surface area contributed by atoms with Crippen molar-refractivity contribution in [3.05, 3.63) is 0 Å². The first-order valence-electron chi connectivity index (χ1n) is 6.87. The Balaban J connectivity index is 1.90. The van der Waals surface area contributed by atoms with Crippen molar-refractivity contribution in [3.63, 3.8) is 0 Å². The van der Waals surface area contributed by atoms with Crippen LogP contribution < -0.4 is 10.6 Å². The molecule has 0 aromatic heterocycles. The molecule has 2 N–H and O–H groups in total. The van der Waals surface area contributed by atoms with Gasteiger partial charge in [0.15, 0.2) is 0 Å². The van der Waals surface area contributed by atoms with E-state index < -0.39 is 0 Å². The number of carbonyl (C=O) groups is 1. The van der Waals surface area contributed by atoms with Crippen molar-refractivity contribution in [1.29, 1.82) is 0 Å². The van der Waals surface area contributed by atoms with E-state index in [1.54, 1.807) is 0 Å². The van der Waals surface area contributed by atoms with Crippen molar-refractivity contribution in [3.8, 4) is 0 Å². The Bertz CT molecular complexity index is 266. The van der Waals surface area contributed by atoms with Crippen LogP contribution in [-0.2, 0) is 4.79 Å². The zero-order chi connectivity index (χ0) is 12.3. The first-order valence-corrected chi connectivity index (χ1v) is 6.87. The van der Waals surface area contributed by atoms with Gasteiger partial charge >= 0.3 is 0 Å². The summed E-state index contributed by atoms with van der Waals surface area (Å²) in [6.07, 6.45) is 4.84. The molecule has 0 atom stereocenters. The summed E-state index contributed by atoms with van der Waals surface area (Å²) >= 11 is 0. The van der Waals surface area contributed by atoms with Crippen LogP contribution in [0.2, 0.25) is 0 Å². The van der Waals surface area contributed by atoms with E-state index in [4.69, 9.17) is 0 Å². The van der Waals surface area contributed by atoms with Crippen LogP contribution >= 0.6 is 0 Å². The van der Waals surface area contributed by atoms with Crippen LogP contribution in [0.5, 0.6) is 0 Å². The molecule has 1 saturated heterocycles. The van der Waals surface area contributed by atoms with E-state index in [2.05, 4.69) is 15.5 Å². The van der Waals surface area contributed by atoms with Crippen molar-refractivity contribution in [2.75, 3.05) is 26.2 Å². The van der Waals surface area contributed by atoms with Gasteiger partial charge in [-0.1, -0.05) is 12.8 Å². The maximum Gasteiger partial charge on any atom is 0.240 e. The van der Waals surface area contributed by atoms with Crippen molar-refractivity contribution in [1.82, 2.24) is 15.5 Å². The van der Waals surface area contributed by atoms with Gasteiger partial charge in [-0.25, -0.2) is 0 Å². The monoisotopic (exact) mass is 239 g/mol. The molecular formula is C13H25N3O. The van der Waals surface area contributed by atoms with E-state index in [-0.39, 0.29) is 11.4 Å². The van der Waals surface area contributed by atoms with Crippen molar-refractivity contribution in [2.45, 2.75) is 51.1 Å². The number of rotatable bonds is 3. The number of amides is 1. The summed E-state index contributed by atoms with van der Waals surface area (Å²) in [6.45, 7) is 7.99. The Hall–Kier alpha value is -0.610. The molecule has 0 aromatic carbocycles. The third kappa shape index (κ3) is 2.99. The quantitative estimate of drug-likeness (QED) is 0.763. The van der Waals surface area contributed by atoms with E-state index in [1.165, 1.54) is 12.8 Å². The molecule has 0 spiro atoms. The van der Waals surface area contributed by atoms with Crippen LogP contribution in [0.25, 0.3) is 0 Å². The Labute approximate surface area is 104 Å². The van der Waals surface area contributed by atoms with Crippen LogP contribution in [-0.4, -0.2) is 48.6 Å². The molecule has 0 aromatic rings. The van der Waals surface area contributed by atoms with Gasteiger partial charge in [0.25, 0.3) is 0 Å². The van der Waals surface area contributed by atoms with Gasteiger partial charge in [-0.2, -0.15) is 0 Å². The fourth-order valence-electron chi connectivity index (χ4n) is 2.80. The second-order valence-electron chi connectivity index (χ2n) is 5.75. The minimum atomic E-state index is -0.370. The number of hydrogen-bond donors (Lipinski definition) is 2. The topological polar surface area (TPSA) is 44.4 Å². The molecule has 1 amide bonds. The summed E-state index contributed by atoms with van der Waals surface area (Å²) in [5, 5.41) is 6.54. The molecule has 1 aliphatic carbocycles. The zero-order valence-corrected chi connectivity index (χ0v) is 11.1. The zero-order valence-electron chi connectivity index (χ0n) is 11.1. The molecule has 17 heavy (non-hydrogen) atoms. The minimum Gasteiger partial charge on any atom is -0.352 e. The fourth-order valence-corrected chi connectivity index (χ4v) is 2.80. The Morgan fingerprint density at radius 1 is 1.24 bits per heavy atom. The summed E-state index contributed by atoms with van der Waals surface area (Å²) in [5.41, 5.74) is -0.370. The second-order valence-corrected chi connectivity index (χ2v) is 5.75. The summed E-state index contributed by atoms with van der Waals surface area (Å²) < 4.78 is 0. The molecule has 2 fully saturated rings. The van der Waals surface area contributed by atoms with E-state index in [0.29, 0.717) is 6.04 Å². The van der Waals surface area contributed by atoms with Gasteiger partial charge in [0, 0.05) is 32.2 Å². The highest BCUT2D eigenvalue weighted by atomic mass is 16.2. The molecule has 1 saturated carbocycles. The van der Waals surface area contributed by atoms with Crippen LogP contribution in [0.3, 0.4) is 0 Å². The van der Waals surface area contributed by atoms with E-state index >= 15 is 0 Å². The molecule has 98 valence electrons. The molecule has 4 heteroatoms. The van der Waals surface area contributed by atoms with E-state index in [9.17, 15) is 4.79 Å². The number of piperazine rings is 1. The largest absolute Gasteiger partial charge is 0.352 e. The fraction of sp³-hybridized carbons (Fsp3) is 0.923. The van der Waals surface area contributed by atoms with Gasteiger partial charge in [-0.05, 0) is 26.7 Å². The first kappa shape index (κ1) is 12.8. The van der Waals surface area contributed by atoms with E-state index in [1.807, 2.05) is 13.8 Å². The predicted octanol–water partition coefficient (Wildman–Crippen LogP) is 0.729. The van der Waals surface area contributed by atoms with Crippen LogP contribution in [0.1, 0.15) is 39.5 Å². The number of carbonyl (C=O) groups excluding carboxylic acids is 1. The van der Waals surface area contributed by atoms with Crippen molar-refractivity contribution >= 4 is 5.91 Å². The van der Waals surface area contributed by atoms with Crippen LogP contribution in [0, 0.1) is 0 Å². The number of nitrogens with one attached hydrogen (secondary N) is 2. The van der Waals surface area contributed by atoms with Gasteiger partial charge in [-0.15, -0.1) is 0 Å².